The maximum atomic E-state index is 13.2. The zero-order chi connectivity index (χ0) is 23.0. The number of carbonyl (C=O) groups excluding carboxylic acids is 1. The van der Waals surface area contributed by atoms with Crippen LogP contribution in [-0.2, 0) is 23.4 Å². The van der Waals surface area contributed by atoms with E-state index < -0.39 is 22.7 Å². The molecular weight excluding hydrogens is 467 g/mol. The van der Waals surface area contributed by atoms with E-state index in [4.69, 9.17) is 15.9 Å². The average Bonchev–Trinajstić information content (AvgIpc) is 3.38. The lowest BCUT2D eigenvalue weighted by Gasteiger charge is -2.31. The zero-order valence-corrected chi connectivity index (χ0v) is 19.0. The minimum atomic E-state index is -4.64. The number of benzene rings is 1. The van der Waals surface area contributed by atoms with Crippen LogP contribution < -0.4 is 0 Å². The summed E-state index contributed by atoms with van der Waals surface area (Å²) in [5, 5.41) is 9.59. The number of likely N-dealkylation sites (N-methyl/N-ethyl adjacent to an activating group) is 1. The number of carbonyl (C=O) groups is 1. The van der Waals surface area contributed by atoms with E-state index in [1.807, 2.05) is 4.57 Å². The van der Waals surface area contributed by atoms with Gasteiger partial charge in [-0.15, -0.1) is 10.2 Å². The number of nitrogens with zero attached hydrogens (tertiary/aromatic N) is 5. The Balaban J connectivity index is 1.59. The lowest BCUT2D eigenvalue weighted by molar-refractivity contribution is -0.137. The van der Waals surface area contributed by atoms with Gasteiger partial charge in [0, 0.05) is 44.4 Å². The van der Waals surface area contributed by atoms with Gasteiger partial charge in [0.25, 0.3) is 5.91 Å². The summed E-state index contributed by atoms with van der Waals surface area (Å²) in [6.07, 6.45) is 2.12. The number of amides is 1. The van der Waals surface area contributed by atoms with Crippen molar-refractivity contribution in [3.63, 3.8) is 0 Å². The Bertz CT molecular complexity index is 1060. The third kappa shape index (κ3) is 4.46. The summed E-state index contributed by atoms with van der Waals surface area (Å²) in [6.45, 7) is 0.418. The van der Waals surface area contributed by atoms with Gasteiger partial charge >= 0.3 is 6.18 Å². The fourth-order valence-electron chi connectivity index (χ4n) is 3.84. The Morgan fingerprint density at radius 2 is 2.09 bits per heavy atom. The minimum Gasteiger partial charge on any atom is -0.337 e. The summed E-state index contributed by atoms with van der Waals surface area (Å²) in [5.41, 5.74) is -0.402. The van der Waals surface area contributed by atoms with Gasteiger partial charge in [0.05, 0.1) is 22.3 Å². The van der Waals surface area contributed by atoms with E-state index in [1.165, 1.54) is 29.1 Å². The highest BCUT2D eigenvalue weighted by Crippen LogP contribution is 2.37. The second-order valence-electron chi connectivity index (χ2n) is 7.61. The van der Waals surface area contributed by atoms with Gasteiger partial charge in [0.15, 0.2) is 5.82 Å². The van der Waals surface area contributed by atoms with Crippen LogP contribution >= 0.6 is 23.6 Å². The average molecular weight is 488 g/mol. The molecule has 1 atom stereocenters. The van der Waals surface area contributed by atoms with Crippen LogP contribution in [0.25, 0.3) is 5.70 Å². The molecule has 0 spiro atoms. The maximum absolute atomic E-state index is 13.2. The Morgan fingerprint density at radius 3 is 2.81 bits per heavy atom. The van der Waals surface area contributed by atoms with Crippen LogP contribution in [0.1, 0.15) is 46.8 Å². The van der Waals surface area contributed by atoms with Gasteiger partial charge in [-0.25, -0.2) is 5.06 Å². The highest BCUT2D eigenvalue weighted by Gasteiger charge is 2.36. The molecule has 0 saturated heterocycles. The number of hydrogen-bond donors (Lipinski definition) is 0. The molecule has 1 aromatic heterocycles. The predicted molar refractivity (Wildman–Crippen MR) is 114 cm³/mol. The Hall–Kier alpha value is -2.24. The molecule has 2 aromatic rings. The van der Waals surface area contributed by atoms with Gasteiger partial charge in [-0.3, -0.25) is 4.79 Å². The van der Waals surface area contributed by atoms with Crippen LogP contribution in [0.2, 0.25) is 5.02 Å². The molecule has 12 heteroatoms. The van der Waals surface area contributed by atoms with Crippen molar-refractivity contribution in [2.45, 2.75) is 44.4 Å². The van der Waals surface area contributed by atoms with E-state index in [2.05, 4.69) is 10.2 Å². The first-order valence-corrected chi connectivity index (χ1v) is 11.5. The molecule has 0 N–H and O–H groups in total. The molecule has 3 heterocycles. The topological polar surface area (TPSA) is 63.3 Å². The van der Waals surface area contributed by atoms with Gasteiger partial charge in [-0.05, 0) is 25.0 Å². The number of fused-ring (bicyclic) bond motifs is 1. The zero-order valence-electron chi connectivity index (χ0n) is 17.4. The molecule has 172 valence electrons. The number of aryl methyl sites for hydroxylation is 1. The van der Waals surface area contributed by atoms with E-state index in [0.717, 1.165) is 36.9 Å². The summed E-state index contributed by atoms with van der Waals surface area (Å²) in [6, 6.07) is 3.12. The number of aromatic nitrogens is 3. The van der Waals surface area contributed by atoms with Gasteiger partial charge in [0.2, 0.25) is 0 Å². The van der Waals surface area contributed by atoms with Crippen molar-refractivity contribution in [2.75, 3.05) is 13.3 Å². The van der Waals surface area contributed by atoms with Crippen molar-refractivity contribution in [1.29, 1.82) is 0 Å². The molecule has 0 bridgehead atoms. The Kier molecular flexibility index (Phi) is 6.42. The number of hydrogen-bond acceptors (Lipinski definition) is 6. The van der Waals surface area contributed by atoms with E-state index in [1.54, 1.807) is 24.6 Å². The third-order valence-corrected chi connectivity index (χ3v) is 6.32. The lowest BCUT2D eigenvalue weighted by Crippen LogP contribution is -2.41. The van der Waals surface area contributed by atoms with Crippen molar-refractivity contribution in [3.8, 4) is 0 Å². The Morgan fingerprint density at radius 1 is 1.31 bits per heavy atom. The molecule has 2 aliphatic heterocycles. The van der Waals surface area contributed by atoms with Gasteiger partial charge in [-0.1, -0.05) is 24.1 Å². The molecule has 1 aromatic carbocycles. The van der Waals surface area contributed by atoms with Gasteiger partial charge in [0.1, 0.15) is 11.5 Å². The molecule has 2 aliphatic rings. The second-order valence-corrected chi connectivity index (χ2v) is 8.47. The Labute approximate surface area is 192 Å². The normalized spacial score (nSPS) is 18.5. The number of rotatable bonds is 5. The van der Waals surface area contributed by atoms with Crippen molar-refractivity contribution in [3.05, 3.63) is 52.2 Å². The molecule has 0 saturated carbocycles. The van der Waals surface area contributed by atoms with Crippen LogP contribution in [0.4, 0.5) is 13.2 Å². The first-order valence-electron chi connectivity index (χ1n) is 9.99. The molecule has 0 radical (unpaired) electrons. The SMILES string of the molecule is CSON1C=C1c1nnc2n1CC(N(C)C(=O)c1cccc(C(F)(F)F)c1Cl)CCCC2. The monoisotopic (exact) mass is 487 g/mol. The van der Waals surface area contributed by atoms with Crippen molar-refractivity contribution < 1.29 is 22.2 Å². The van der Waals surface area contributed by atoms with Crippen LogP contribution in [0.5, 0.6) is 0 Å². The van der Waals surface area contributed by atoms with E-state index in [0.29, 0.717) is 18.8 Å². The van der Waals surface area contributed by atoms with Crippen LogP contribution in [0, 0.1) is 0 Å². The van der Waals surface area contributed by atoms with E-state index in [-0.39, 0.29) is 11.6 Å². The van der Waals surface area contributed by atoms with Crippen LogP contribution in [-0.4, -0.2) is 50.0 Å². The number of halogens is 4. The first kappa shape index (κ1) is 22.9. The molecular formula is C20H21ClF3N5O2S. The fraction of sp³-hybridized carbons (Fsp3) is 0.450. The molecule has 0 aliphatic carbocycles. The van der Waals surface area contributed by atoms with Crippen molar-refractivity contribution in [2.24, 2.45) is 0 Å². The van der Waals surface area contributed by atoms with E-state index >= 15 is 0 Å². The second kappa shape index (κ2) is 8.95. The predicted octanol–water partition coefficient (Wildman–Crippen LogP) is 4.64. The summed E-state index contributed by atoms with van der Waals surface area (Å²) >= 11 is 7.19. The van der Waals surface area contributed by atoms with Gasteiger partial charge in [-0.2, -0.15) is 17.5 Å². The van der Waals surface area contributed by atoms with E-state index in [9.17, 15) is 18.0 Å². The summed E-state index contributed by atoms with van der Waals surface area (Å²) in [4.78, 5) is 14.6. The minimum absolute atomic E-state index is 0.167. The lowest BCUT2D eigenvalue weighted by atomic mass is 10.0. The highest BCUT2D eigenvalue weighted by atomic mass is 35.5. The first-order chi connectivity index (χ1) is 15.2. The summed E-state index contributed by atoms with van der Waals surface area (Å²) in [7, 11) is 1.59. The van der Waals surface area contributed by atoms with Crippen LogP contribution in [0.15, 0.2) is 24.4 Å². The largest absolute Gasteiger partial charge is 0.417 e. The quantitative estimate of drug-likeness (QED) is 0.572. The summed E-state index contributed by atoms with van der Waals surface area (Å²) < 4.78 is 47.0. The molecule has 32 heavy (non-hydrogen) atoms. The molecule has 1 amide bonds. The molecule has 4 rings (SSSR count). The van der Waals surface area contributed by atoms with Crippen LogP contribution in [0.3, 0.4) is 0 Å². The maximum Gasteiger partial charge on any atom is 0.417 e. The standard InChI is InChI=1S/C20H21ClF3N5O2S/c1-27(19(30)13-7-5-8-14(17(13)21)20(22,23)24)12-6-3-4-9-16-25-26-18(28(16)10-12)15-11-29(15)31-32-2/h5,7-8,11-12H,3-4,6,9-10H2,1-2H3. The summed E-state index contributed by atoms with van der Waals surface area (Å²) in [5.74, 6) is 0.888. The molecule has 1 unspecified atom stereocenters. The van der Waals surface area contributed by atoms with Gasteiger partial charge < -0.3 is 9.47 Å². The number of hydroxylamine groups is 2. The smallest absolute Gasteiger partial charge is 0.337 e. The fourth-order valence-corrected chi connectivity index (χ4v) is 4.43. The molecule has 7 nitrogen and oxygen atoms in total. The molecule has 0 fully saturated rings. The van der Waals surface area contributed by atoms with Crippen molar-refractivity contribution >= 4 is 35.2 Å². The third-order valence-electron chi connectivity index (χ3n) is 5.60. The number of alkyl halides is 3. The highest BCUT2D eigenvalue weighted by molar-refractivity contribution is 7.93. The van der Waals surface area contributed by atoms with Crippen molar-refractivity contribution in [1.82, 2.24) is 24.7 Å².